The van der Waals surface area contributed by atoms with Gasteiger partial charge in [0.15, 0.2) is 0 Å². The summed E-state index contributed by atoms with van der Waals surface area (Å²) in [6.45, 7) is 7.52. The first kappa shape index (κ1) is 30.6. The van der Waals surface area contributed by atoms with Crippen LogP contribution in [0.5, 0.6) is 11.5 Å². The van der Waals surface area contributed by atoms with Crippen molar-refractivity contribution in [1.29, 1.82) is 0 Å². The predicted octanol–water partition coefficient (Wildman–Crippen LogP) is 8.83. The van der Waals surface area contributed by atoms with Crippen molar-refractivity contribution in [3.63, 3.8) is 0 Å². The lowest BCUT2D eigenvalue weighted by Crippen LogP contribution is -2.00. The Morgan fingerprint density at radius 2 is 1.22 bits per heavy atom. The maximum atomic E-state index is 10.4. The van der Waals surface area contributed by atoms with Gasteiger partial charge in [-0.05, 0) is 68.0 Å². The molecule has 0 fully saturated rings. The van der Waals surface area contributed by atoms with Crippen molar-refractivity contribution in [3.05, 3.63) is 58.7 Å². The van der Waals surface area contributed by atoms with Gasteiger partial charge in [-0.25, -0.2) is 0 Å². The summed E-state index contributed by atoms with van der Waals surface area (Å²) in [6.07, 6.45) is 19.2. The monoisotopic (exact) mass is 506 g/mol. The van der Waals surface area contributed by atoms with Gasteiger partial charge in [0.25, 0.3) is 0 Å². The molecule has 0 radical (unpaired) electrons. The molecular formula is C33H50N2O2. The zero-order valence-electron chi connectivity index (χ0n) is 23.6. The molecule has 0 aromatic heterocycles. The van der Waals surface area contributed by atoms with E-state index >= 15 is 0 Å². The van der Waals surface area contributed by atoms with E-state index in [1.54, 1.807) is 18.3 Å². The third-order valence-electron chi connectivity index (χ3n) is 6.99. The topological polar surface area (TPSA) is 65.2 Å². The van der Waals surface area contributed by atoms with Gasteiger partial charge in [-0.2, -0.15) is 0 Å². The molecule has 0 saturated heterocycles. The fraction of sp³-hybridized carbons (Fsp3) is 0.576. The van der Waals surface area contributed by atoms with Crippen molar-refractivity contribution >= 4 is 11.9 Å². The molecule has 37 heavy (non-hydrogen) atoms. The van der Waals surface area contributed by atoms with E-state index in [1.165, 1.54) is 88.2 Å². The summed E-state index contributed by atoms with van der Waals surface area (Å²) < 4.78 is 0. The Labute approximate surface area is 226 Å². The maximum Gasteiger partial charge on any atom is 0.124 e. The second kappa shape index (κ2) is 18.6. The minimum absolute atomic E-state index is 0.266. The number of phenolic OH excluding ortho intramolecular Hbond substituents is 2. The van der Waals surface area contributed by atoms with Crippen molar-refractivity contribution < 1.29 is 10.2 Å². The van der Waals surface area contributed by atoms with Gasteiger partial charge in [0, 0.05) is 23.1 Å². The molecule has 0 aliphatic rings. The first-order chi connectivity index (χ1) is 18.0. The molecule has 0 spiro atoms. The summed E-state index contributed by atoms with van der Waals surface area (Å²) in [6, 6.07) is 11.7. The zero-order chi connectivity index (χ0) is 26.7. The van der Waals surface area contributed by atoms with Crippen LogP contribution in [0.1, 0.15) is 120 Å². The molecule has 4 heteroatoms. The molecule has 0 saturated carbocycles. The van der Waals surface area contributed by atoms with Crippen LogP contribution < -0.4 is 0 Å². The van der Waals surface area contributed by atoms with E-state index in [9.17, 15) is 10.2 Å². The van der Waals surface area contributed by atoms with Gasteiger partial charge in [-0.1, -0.05) is 90.2 Å². The second-order valence-corrected chi connectivity index (χ2v) is 10.3. The number of nitrogens with zero attached hydrogens (tertiary/aromatic N) is 2. The number of unbranched alkanes of at least 4 members (excludes halogenated alkanes) is 10. The average Bonchev–Trinajstić information content (AvgIpc) is 2.90. The molecule has 0 atom stereocenters. The number of hydrogen-bond donors (Lipinski definition) is 2. The number of hydrogen-bond acceptors (Lipinski definition) is 4. The van der Waals surface area contributed by atoms with Crippen LogP contribution >= 0.6 is 0 Å². The molecule has 0 bridgehead atoms. The molecular weight excluding hydrogens is 456 g/mol. The minimum Gasteiger partial charge on any atom is -0.507 e. The molecule has 2 N–H and O–H groups in total. The molecule has 0 aliphatic carbocycles. The third kappa shape index (κ3) is 12.5. The van der Waals surface area contributed by atoms with Crippen LogP contribution in [0.4, 0.5) is 0 Å². The molecule has 2 aromatic rings. The Bertz CT molecular complexity index is 965. The summed E-state index contributed by atoms with van der Waals surface area (Å²) in [5.74, 6) is 0.547. The quantitative estimate of drug-likeness (QED) is 0.148. The molecule has 2 aromatic carbocycles. The summed E-state index contributed by atoms with van der Waals surface area (Å²) in [7, 11) is 0. The van der Waals surface area contributed by atoms with E-state index in [2.05, 4.69) is 29.9 Å². The molecule has 204 valence electrons. The Kier molecular flexibility index (Phi) is 15.4. The predicted molar refractivity (Wildman–Crippen MR) is 160 cm³/mol. The third-order valence-corrected chi connectivity index (χ3v) is 6.99. The highest BCUT2D eigenvalue weighted by atomic mass is 16.3. The van der Waals surface area contributed by atoms with Crippen molar-refractivity contribution in [2.24, 2.45) is 9.98 Å². The summed E-state index contributed by atoms with van der Waals surface area (Å²) in [4.78, 5) is 9.15. The van der Waals surface area contributed by atoms with E-state index < -0.39 is 0 Å². The highest BCUT2D eigenvalue weighted by Crippen LogP contribution is 2.22. The number of phenols is 2. The summed E-state index contributed by atoms with van der Waals surface area (Å²) in [5.41, 5.74) is 4.92. The molecule has 4 nitrogen and oxygen atoms in total. The van der Waals surface area contributed by atoms with Crippen LogP contribution in [0.25, 0.3) is 0 Å². The van der Waals surface area contributed by atoms with Gasteiger partial charge in [0.1, 0.15) is 11.5 Å². The van der Waals surface area contributed by atoms with E-state index in [4.69, 9.17) is 0 Å². The van der Waals surface area contributed by atoms with Crippen molar-refractivity contribution in [3.8, 4) is 11.5 Å². The van der Waals surface area contributed by atoms with Crippen LogP contribution in [-0.4, -0.2) is 35.2 Å². The Balaban J connectivity index is 1.82. The number of rotatable bonds is 19. The highest BCUT2D eigenvalue weighted by Gasteiger charge is 2.06. The van der Waals surface area contributed by atoms with Gasteiger partial charge in [-0.15, -0.1) is 0 Å². The van der Waals surface area contributed by atoms with E-state index in [0.29, 0.717) is 13.1 Å². The van der Waals surface area contributed by atoms with Crippen LogP contribution in [0, 0.1) is 0 Å². The fourth-order valence-corrected chi connectivity index (χ4v) is 4.63. The average molecular weight is 507 g/mol. The SMILES string of the molecule is CCCCCCCCc1ccc(O)c(C=NCCN=C(C)c2cc(CCCCCCCC)ccc2O)c1. The summed E-state index contributed by atoms with van der Waals surface area (Å²) in [5, 5.41) is 20.6. The standard InChI is InChI=1S/C33H50N2O2/c1-4-6-8-10-12-14-16-28-18-20-32(36)30(24-28)26-34-22-23-35-27(3)31-25-29(19-21-33(31)37)17-15-13-11-9-7-5-2/h18-21,24-26,36-37H,4-17,22-23H2,1-3H3. The van der Waals surface area contributed by atoms with E-state index in [0.717, 1.165) is 29.7 Å². The van der Waals surface area contributed by atoms with Gasteiger partial charge in [0.2, 0.25) is 0 Å². The van der Waals surface area contributed by atoms with Crippen LogP contribution in [-0.2, 0) is 12.8 Å². The van der Waals surface area contributed by atoms with Crippen molar-refractivity contribution in [2.45, 2.75) is 111 Å². The van der Waals surface area contributed by atoms with Gasteiger partial charge in [-0.3, -0.25) is 9.98 Å². The Hall–Kier alpha value is -2.62. The van der Waals surface area contributed by atoms with Crippen LogP contribution in [0.3, 0.4) is 0 Å². The smallest absolute Gasteiger partial charge is 0.124 e. The minimum atomic E-state index is 0.266. The lowest BCUT2D eigenvalue weighted by atomic mass is 10.0. The number of aliphatic imine (C=N–C) groups is 2. The normalized spacial score (nSPS) is 12.0. The first-order valence-electron chi connectivity index (χ1n) is 14.7. The lowest BCUT2D eigenvalue weighted by Gasteiger charge is -2.08. The largest absolute Gasteiger partial charge is 0.507 e. The van der Waals surface area contributed by atoms with Crippen molar-refractivity contribution in [1.82, 2.24) is 0 Å². The summed E-state index contributed by atoms with van der Waals surface area (Å²) >= 11 is 0. The first-order valence-corrected chi connectivity index (χ1v) is 14.7. The Morgan fingerprint density at radius 3 is 1.84 bits per heavy atom. The second-order valence-electron chi connectivity index (χ2n) is 10.3. The molecule has 2 rings (SSSR count). The highest BCUT2D eigenvalue weighted by molar-refractivity contribution is 6.01. The molecule has 0 amide bonds. The lowest BCUT2D eigenvalue weighted by molar-refractivity contribution is 0.473. The zero-order valence-corrected chi connectivity index (χ0v) is 23.6. The fourth-order valence-electron chi connectivity index (χ4n) is 4.63. The van der Waals surface area contributed by atoms with E-state index in [-0.39, 0.29) is 11.5 Å². The Morgan fingerprint density at radius 1 is 0.676 bits per heavy atom. The van der Waals surface area contributed by atoms with Crippen LogP contribution in [0.15, 0.2) is 46.4 Å². The number of aromatic hydroxyl groups is 2. The van der Waals surface area contributed by atoms with E-state index in [1.807, 2.05) is 25.1 Å². The van der Waals surface area contributed by atoms with Crippen molar-refractivity contribution in [2.75, 3.05) is 13.1 Å². The number of benzene rings is 2. The molecule has 0 aliphatic heterocycles. The molecule has 0 unspecified atom stereocenters. The molecule has 0 heterocycles. The number of aryl methyl sites for hydroxylation is 2. The van der Waals surface area contributed by atoms with Gasteiger partial charge >= 0.3 is 0 Å². The maximum absolute atomic E-state index is 10.4. The van der Waals surface area contributed by atoms with Gasteiger partial charge < -0.3 is 10.2 Å². The van der Waals surface area contributed by atoms with Gasteiger partial charge in [0.05, 0.1) is 13.1 Å². The van der Waals surface area contributed by atoms with Crippen LogP contribution in [0.2, 0.25) is 0 Å².